The van der Waals surface area contributed by atoms with Crippen LogP contribution in [-0.2, 0) is 9.53 Å². The van der Waals surface area contributed by atoms with Crippen LogP contribution in [0.25, 0.3) is 0 Å². The number of carbonyl (C=O) groups is 1. The molecule has 0 aromatic carbocycles. The summed E-state index contributed by atoms with van der Waals surface area (Å²) in [6.45, 7) is 0.451. The number of hydrogen-bond donors (Lipinski definition) is 0. The normalized spacial score (nSPS) is 12.5. The van der Waals surface area contributed by atoms with Gasteiger partial charge in [0, 0.05) is 0 Å². The maximum absolute atomic E-state index is 9.75. The molecule has 1 rings (SSSR count). The highest BCUT2D eigenvalue weighted by Crippen LogP contribution is 2.17. The van der Waals surface area contributed by atoms with E-state index in [2.05, 4.69) is 14.1 Å². The highest BCUT2D eigenvalue weighted by Gasteiger charge is 2.10. The van der Waals surface area contributed by atoms with Crippen LogP contribution in [0.15, 0.2) is 17.1 Å². The molecule has 0 aliphatic heterocycles. The standard InChI is InChI=1S/C6H6ClNO3/c7-5(1-11-4-9)6-2-10-3-8-6/h2-5H,1H2. The van der Waals surface area contributed by atoms with Crippen LogP contribution in [0, 0.1) is 0 Å². The molecule has 60 valence electrons. The number of aromatic nitrogens is 1. The number of carbonyl (C=O) groups excluding carboxylic acids is 1. The zero-order chi connectivity index (χ0) is 8.10. The zero-order valence-electron chi connectivity index (χ0n) is 5.57. The largest absolute Gasteiger partial charge is 0.466 e. The van der Waals surface area contributed by atoms with Gasteiger partial charge in [-0.15, -0.1) is 11.6 Å². The number of rotatable bonds is 4. The molecule has 1 heterocycles. The molecule has 0 saturated carbocycles. The van der Waals surface area contributed by atoms with Crippen LogP contribution in [-0.4, -0.2) is 18.1 Å². The molecule has 1 aromatic rings. The third-order valence-corrected chi connectivity index (χ3v) is 1.43. The Morgan fingerprint density at radius 1 is 1.91 bits per heavy atom. The molecule has 0 radical (unpaired) electrons. The van der Waals surface area contributed by atoms with Gasteiger partial charge in [0.25, 0.3) is 6.47 Å². The molecule has 4 nitrogen and oxygen atoms in total. The molecule has 5 heteroatoms. The summed E-state index contributed by atoms with van der Waals surface area (Å²) in [5.74, 6) is 0. The molecule has 0 aliphatic carbocycles. The average Bonchev–Trinajstić information content (AvgIpc) is 2.52. The Morgan fingerprint density at radius 3 is 3.27 bits per heavy atom. The second-order valence-electron chi connectivity index (χ2n) is 1.81. The minimum absolute atomic E-state index is 0.109. The number of ether oxygens (including phenoxy) is 1. The summed E-state index contributed by atoms with van der Waals surface area (Å²) in [5, 5.41) is -0.432. The monoisotopic (exact) mass is 175 g/mol. The minimum Gasteiger partial charge on any atom is -0.466 e. The smallest absolute Gasteiger partial charge is 0.293 e. The van der Waals surface area contributed by atoms with Crippen molar-refractivity contribution in [2.24, 2.45) is 0 Å². The van der Waals surface area contributed by atoms with E-state index in [1.54, 1.807) is 0 Å². The van der Waals surface area contributed by atoms with Gasteiger partial charge < -0.3 is 9.15 Å². The van der Waals surface area contributed by atoms with Crippen LogP contribution < -0.4 is 0 Å². The molecule has 11 heavy (non-hydrogen) atoms. The Hall–Kier alpha value is -1.03. The zero-order valence-corrected chi connectivity index (χ0v) is 6.32. The summed E-state index contributed by atoms with van der Waals surface area (Å²) in [4.78, 5) is 13.5. The van der Waals surface area contributed by atoms with E-state index in [-0.39, 0.29) is 6.61 Å². The molecule has 0 amide bonds. The second-order valence-corrected chi connectivity index (χ2v) is 2.34. The summed E-state index contributed by atoms with van der Waals surface area (Å²) < 4.78 is 9.10. The number of alkyl halides is 1. The molecule has 0 aliphatic rings. The quantitative estimate of drug-likeness (QED) is 0.509. The van der Waals surface area contributed by atoms with Gasteiger partial charge in [0.2, 0.25) is 0 Å². The third-order valence-electron chi connectivity index (χ3n) is 1.08. The number of halogens is 1. The molecule has 1 aromatic heterocycles. The molecule has 1 atom stereocenters. The SMILES string of the molecule is O=COCC(Cl)c1cocn1. The Kier molecular flexibility index (Phi) is 2.92. The van der Waals surface area contributed by atoms with E-state index < -0.39 is 5.38 Å². The molecule has 0 spiro atoms. The van der Waals surface area contributed by atoms with Crippen LogP contribution >= 0.6 is 11.6 Å². The number of nitrogens with zero attached hydrogens (tertiary/aromatic N) is 1. The highest BCUT2D eigenvalue weighted by molar-refractivity contribution is 6.20. The fraction of sp³-hybridized carbons (Fsp3) is 0.333. The van der Waals surface area contributed by atoms with E-state index in [1.165, 1.54) is 12.7 Å². The van der Waals surface area contributed by atoms with Gasteiger partial charge in [-0.3, -0.25) is 4.79 Å². The van der Waals surface area contributed by atoms with Crippen LogP contribution in [0.2, 0.25) is 0 Å². The maximum atomic E-state index is 9.75. The lowest BCUT2D eigenvalue weighted by Crippen LogP contribution is -2.00. The van der Waals surface area contributed by atoms with Crippen molar-refractivity contribution in [3.8, 4) is 0 Å². The van der Waals surface area contributed by atoms with Crippen molar-refractivity contribution in [2.45, 2.75) is 5.38 Å². The van der Waals surface area contributed by atoms with Gasteiger partial charge in [-0.25, -0.2) is 4.98 Å². The molecular formula is C6H6ClNO3. The summed E-state index contributed by atoms with van der Waals surface area (Å²) in [5.41, 5.74) is 0.563. The van der Waals surface area contributed by atoms with Crippen molar-refractivity contribution >= 4 is 18.1 Å². The van der Waals surface area contributed by atoms with E-state index in [4.69, 9.17) is 11.6 Å². The predicted octanol–water partition coefficient (Wildman–Crippen LogP) is 1.13. The van der Waals surface area contributed by atoms with E-state index in [0.717, 1.165) is 0 Å². The van der Waals surface area contributed by atoms with Crippen LogP contribution in [0.4, 0.5) is 0 Å². The number of hydrogen-bond acceptors (Lipinski definition) is 4. The van der Waals surface area contributed by atoms with E-state index in [9.17, 15) is 4.79 Å². The fourth-order valence-electron chi connectivity index (χ4n) is 0.586. The predicted molar refractivity (Wildman–Crippen MR) is 37.1 cm³/mol. The lowest BCUT2D eigenvalue weighted by Gasteiger charge is -2.01. The first-order valence-electron chi connectivity index (χ1n) is 2.92. The van der Waals surface area contributed by atoms with E-state index in [0.29, 0.717) is 12.2 Å². The van der Waals surface area contributed by atoms with Crippen LogP contribution in [0.1, 0.15) is 11.1 Å². The molecule has 0 saturated heterocycles. The van der Waals surface area contributed by atoms with Gasteiger partial charge in [0.05, 0.1) is 0 Å². The van der Waals surface area contributed by atoms with Crippen molar-refractivity contribution in [3.63, 3.8) is 0 Å². The van der Waals surface area contributed by atoms with E-state index >= 15 is 0 Å². The Balaban J connectivity index is 2.42. The third kappa shape index (κ3) is 2.23. The van der Waals surface area contributed by atoms with Gasteiger partial charge in [-0.1, -0.05) is 0 Å². The van der Waals surface area contributed by atoms with Gasteiger partial charge >= 0.3 is 0 Å². The van der Waals surface area contributed by atoms with Crippen molar-refractivity contribution in [1.82, 2.24) is 4.98 Å². The van der Waals surface area contributed by atoms with Gasteiger partial charge in [-0.05, 0) is 0 Å². The van der Waals surface area contributed by atoms with E-state index in [1.807, 2.05) is 0 Å². The first kappa shape index (κ1) is 8.07. The highest BCUT2D eigenvalue weighted by atomic mass is 35.5. The molecule has 0 bridgehead atoms. The Morgan fingerprint density at radius 2 is 2.73 bits per heavy atom. The van der Waals surface area contributed by atoms with Crippen molar-refractivity contribution in [3.05, 3.63) is 18.4 Å². The van der Waals surface area contributed by atoms with Crippen LogP contribution in [0.5, 0.6) is 0 Å². The summed E-state index contributed by atoms with van der Waals surface area (Å²) in [6, 6.07) is 0. The second kappa shape index (κ2) is 3.98. The van der Waals surface area contributed by atoms with Crippen molar-refractivity contribution in [2.75, 3.05) is 6.61 Å². The fourth-order valence-corrected chi connectivity index (χ4v) is 0.766. The topological polar surface area (TPSA) is 52.3 Å². The molecule has 1 unspecified atom stereocenters. The molecule has 0 N–H and O–H groups in total. The first-order chi connectivity index (χ1) is 5.34. The van der Waals surface area contributed by atoms with Gasteiger partial charge in [0.1, 0.15) is 23.9 Å². The Bertz CT molecular complexity index is 212. The van der Waals surface area contributed by atoms with Crippen molar-refractivity contribution in [1.29, 1.82) is 0 Å². The Labute approximate surface area is 68.1 Å². The minimum atomic E-state index is -0.432. The van der Waals surface area contributed by atoms with Crippen LogP contribution in [0.3, 0.4) is 0 Å². The molecule has 0 fully saturated rings. The van der Waals surface area contributed by atoms with Crippen molar-refractivity contribution < 1.29 is 13.9 Å². The summed E-state index contributed by atoms with van der Waals surface area (Å²) in [7, 11) is 0. The van der Waals surface area contributed by atoms with Gasteiger partial charge in [0.15, 0.2) is 6.39 Å². The summed E-state index contributed by atoms with van der Waals surface area (Å²) >= 11 is 5.72. The first-order valence-corrected chi connectivity index (χ1v) is 3.35. The molecular weight excluding hydrogens is 170 g/mol. The lowest BCUT2D eigenvalue weighted by molar-refractivity contribution is -0.128. The van der Waals surface area contributed by atoms with Gasteiger partial charge in [-0.2, -0.15) is 0 Å². The lowest BCUT2D eigenvalue weighted by atomic mass is 10.3. The maximum Gasteiger partial charge on any atom is 0.293 e. The average molecular weight is 176 g/mol. The summed E-state index contributed by atoms with van der Waals surface area (Å²) in [6.07, 6.45) is 2.68. The number of oxazole rings is 1.